The van der Waals surface area contributed by atoms with Gasteiger partial charge in [-0.05, 0) is 118 Å². The van der Waals surface area contributed by atoms with E-state index in [9.17, 15) is 0 Å². The Bertz CT molecular complexity index is 2040. The summed E-state index contributed by atoms with van der Waals surface area (Å²) in [6.45, 7) is 28.4. The molecule has 0 bridgehead atoms. The Balaban J connectivity index is 1.61. The zero-order valence-corrected chi connectivity index (χ0v) is 44.4. The molecule has 1 aliphatic rings. The highest BCUT2D eigenvalue weighted by Crippen LogP contribution is 2.38. The molecule has 0 aromatic heterocycles. The number of nitrogens with zero attached hydrogens (tertiary/aromatic N) is 6. The molecule has 0 aliphatic heterocycles. The Labute approximate surface area is 415 Å². The molecule has 0 N–H and O–H groups in total. The van der Waals surface area contributed by atoms with E-state index in [1.54, 1.807) is 0 Å². The van der Waals surface area contributed by atoms with Crippen LogP contribution < -0.4 is 24.2 Å². The van der Waals surface area contributed by atoms with Gasteiger partial charge in [0.05, 0.1) is 0 Å². The van der Waals surface area contributed by atoms with Crippen molar-refractivity contribution in [3.63, 3.8) is 0 Å². The van der Waals surface area contributed by atoms with Crippen molar-refractivity contribution in [3.8, 4) is 0 Å². The van der Waals surface area contributed by atoms with Crippen molar-refractivity contribution in [2.75, 3.05) is 65.4 Å². The van der Waals surface area contributed by atoms with Crippen molar-refractivity contribution < 1.29 is 4.58 Å². The van der Waals surface area contributed by atoms with Gasteiger partial charge in [-0.2, -0.15) is 4.58 Å². The molecule has 68 heavy (non-hydrogen) atoms. The molecule has 4 aromatic rings. The van der Waals surface area contributed by atoms with Crippen LogP contribution in [0.3, 0.4) is 0 Å². The first-order valence-corrected chi connectivity index (χ1v) is 27.5. The Morgan fingerprint density at radius 1 is 0.368 bits per heavy atom. The molecule has 368 valence electrons. The molecular weight excluding hydrogens is 829 g/mol. The number of hydrogen-bond acceptors (Lipinski definition) is 4. The minimum atomic E-state index is 0.490. The maximum absolute atomic E-state index is 2.60. The lowest BCUT2D eigenvalue weighted by Gasteiger charge is -2.31. The number of anilines is 6. The SMILES string of the molecule is CCCCN(CCCC)c1ccc(N(c2ccc(N(CCCC)CCCC)cc2)c2ccc([N+](=C3C=CC(=[N+](CCCC)CCCC)C=C3)c3ccc(N(CCCC)C(C)CC)cc3)cc2)cc1. The highest BCUT2D eigenvalue weighted by molar-refractivity contribution is 6.18. The predicted octanol–water partition coefficient (Wildman–Crippen LogP) is 16.8. The van der Waals surface area contributed by atoms with E-state index in [2.05, 4.69) is 212 Å². The van der Waals surface area contributed by atoms with Gasteiger partial charge in [-0.15, -0.1) is 0 Å². The number of allylic oxidation sites excluding steroid dienone is 4. The van der Waals surface area contributed by atoms with Gasteiger partial charge in [0, 0.05) is 134 Å². The summed E-state index contributed by atoms with van der Waals surface area (Å²) in [5, 5.41) is 0. The van der Waals surface area contributed by atoms with Crippen LogP contribution in [0.4, 0.5) is 45.5 Å². The van der Waals surface area contributed by atoms with Crippen LogP contribution in [-0.2, 0) is 0 Å². The van der Waals surface area contributed by atoms with E-state index < -0.39 is 0 Å². The van der Waals surface area contributed by atoms with Crippen molar-refractivity contribution in [1.29, 1.82) is 0 Å². The van der Waals surface area contributed by atoms with E-state index in [4.69, 9.17) is 0 Å². The van der Waals surface area contributed by atoms with Gasteiger partial charge in [0.25, 0.3) is 0 Å². The van der Waals surface area contributed by atoms with Crippen LogP contribution in [-0.4, -0.2) is 67.9 Å². The van der Waals surface area contributed by atoms with Gasteiger partial charge in [0.15, 0.2) is 5.71 Å². The summed E-state index contributed by atoms with van der Waals surface area (Å²) in [6, 6.07) is 37.8. The standard InChI is InChI=1S/C62H92N6/c1-10-18-45-63(46-19-11-2)53-25-33-57(34-26-53)67(58-35-27-54(28-36-58)64(47-20-12-3)48-21-13-4)61-41-43-62(44-42-61)68(59-37-29-55(30-38-59)65(49-22-14-5)50-23-15-6)60-39-31-56(32-40-60)66(51-24-16-7)52(9)17-8/h25-44,52H,10-24,45-51H2,1-9H3/q+2. The summed E-state index contributed by atoms with van der Waals surface area (Å²) in [4.78, 5) is 10.2. The second kappa shape index (κ2) is 29.7. The monoisotopic (exact) mass is 921 g/mol. The van der Waals surface area contributed by atoms with Crippen LogP contribution in [0, 0.1) is 0 Å². The molecule has 0 heterocycles. The molecule has 1 atom stereocenters. The Morgan fingerprint density at radius 2 is 0.691 bits per heavy atom. The molecule has 6 heteroatoms. The summed E-state index contributed by atoms with van der Waals surface area (Å²) in [5.41, 5.74) is 12.2. The first-order valence-electron chi connectivity index (χ1n) is 27.5. The van der Waals surface area contributed by atoms with E-state index in [0.29, 0.717) is 6.04 Å². The van der Waals surface area contributed by atoms with Gasteiger partial charge < -0.3 is 19.6 Å². The highest BCUT2D eigenvalue weighted by Gasteiger charge is 2.24. The van der Waals surface area contributed by atoms with Gasteiger partial charge in [0.2, 0.25) is 17.1 Å². The lowest BCUT2D eigenvalue weighted by molar-refractivity contribution is -0.527. The van der Waals surface area contributed by atoms with Crippen molar-refractivity contribution in [2.45, 2.75) is 165 Å². The third-order valence-electron chi connectivity index (χ3n) is 13.8. The summed E-state index contributed by atoms with van der Waals surface area (Å²) in [5.74, 6) is 0. The largest absolute Gasteiger partial charge is 0.372 e. The average molecular weight is 921 g/mol. The fourth-order valence-corrected chi connectivity index (χ4v) is 9.23. The van der Waals surface area contributed by atoms with Crippen LogP contribution >= 0.6 is 0 Å². The zero-order chi connectivity index (χ0) is 48.5. The topological polar surface area (TPSA) is 19.0 Å². The molecule has 6 nitrogen and oxygen atoms in total. The Hall–Kier alpha value is -5.10. The van der Waals surface area contributed by atoms with Crippen LogP contribution in [0.25, 0.3) is 0 Å². The molecule has 0 saturated heterocycles. The van der Waals surface area contributed by atoms with Gasteiger partial charge >= 0.3 is 0 Å². The molecular formula is C62H92N6+2. The number of unbranched alkanes of at least 4 members (excludes halogenated alkanes) is 7. The fourth-order valence-electron chi connectivity index (χ4n) is 9.23. The Morgan fingerprint density at radius 3 is 1.06 bits per heavy atom. The summed E-state index contributed by atoms with van der Waals surface area (Å²) < 4.78 is 5.02. The Kier molecular flexibility index (Phi) is 23.5. The molecule has 1 unspecified atom stereocenters. The molecule has 0 radical (unpaired) electrons. The molecule has 4 aromatic carbocycles. The van der Waals surface area contributed by atoms with Crippen molar-refractivity contribution in [2.24, 2.45) is 0 Å². The molecule has 1 aliphatic carbocycles. The van der Waals surface area contributed by atoms with E-state index in [-0.39, 0.29) is 0 Å². The predicted molar refractivity (Wildman–Crippen MR) is 303 cm³/mol. The minimum absolute atomic E-state index is 0.490. The fraction of sp³-hybridized carbons (Fsp3) is 0.516. The van der Waals surface area contributed by atoms with Crippen molar-refractivity contribution in [1.82, 2.24) is 4.58 Å². The van der Waals surface area contributed by atoms with E-state index >= 15 is 0 Å². The minimum Gasteiger partial charge on any atom is -0.372 e. The van der Waals surface area contributed by atoms with Crippen molar-refractivity contribution in [3.05, 3.63) is 121 Å². The molecule has 0 fully saturated rings. The van der Waals surface area contributed by atoms with Crippen LogP contribution in [0.5, 0.6) is 0 Å². The average Bonchev–Trinajstić information content (AvgIpc) is 3.38. The number of rotatable bonds is 31. The van der Waals surface area contributed by atoms with Crippen LogP contribution in [0.1, 0.15) is 159 Å². The molecule has 0 saturated carbocycles. The zero-order valence-electron chi connectivity index (χ0n) is 44.4. The maximum Gasteiger partial charge on any atom is 0.212 e. The number of hydrogen-bond donors (Lipinski definition) is 0. The first kappa shape index (κ1) is 53.8. The van der Waals surface area contributed by atoms with Crippen LogP contribution in [0.2, 0.25) is 0 Å². The molecule has 5 rings (SSSR count). The third kappa shape index (κ3) is 15.5. The van der Waals surface area contributed by atoms with Gasteiger partial charge in [-0.25, -0.2) is 4.58 Å². The lowest BCUT2D eigenvalue weighted by atomic mass is 10.1. The maximum atomic E-state index is 2.60. The van der Waals surface area contributed by atoms with Crippen LogP contribution in [0.15, 0.2) is 121 Å². The number of benzene rings is 4. The van der Waals surface area contributed by atoms with Gasteiger partial charge in [0.1, 0.15) is 13.1 Å². The third-order valence-corrected chi connectivity index (χ3v) is 13.8. The lowest BCUT2D eigenvalue weighted by Crippen LogP contribution is -2.33. The quantitative estimate of drug-likeness (QED) is 0.0370. The molecule has 0 spiro atoms. The van der Waals surface area contributed by atoms with Gasteiger partial charge in [-0.1, -0.05) is 100 Å². The van der Waals surface area contributed by atoms with E-state index in [1.165, 1.54) is 130 Å². The smallest absolute Gasteiger partial charge is 0.212 e. The summed E-state index contributed by atoms with van der Waals surface area (Å²) in [6.07, 6.45) is 27.3. The van der Waals surface area contributed by atoms with E-state index in [0.717, 1.165) is 69.3 Å². The van der Waals surface area contributed by atoms with Gasteiger partial charge in [-0.3, -0.25) is 0 Å². The summed E-state index contributed by atoms with van der Waals surface area (Å²) >= 11 is 0. The second-order valence-electron chi connectivity index (χ2n) is 19.1. The molecule has 0 amide bonds. The van der Waals surface area contributed by atoms with Crippen molar-refractivity contribution >= 4 is 56.9 Å². The first-order chi connectivity index (χ1) is 33.3. The second-order valence-corrected chi connectivity index (χ2v) is 19.1. The normalized spacial score (nSPS) is 12.7. The van der Waals surface area contributed by atoms with E-state index in [1.807, 2.05) is 0 Å². The summed E-state index contributed by atoms with van der Waals surface area (Å²) in [7, 11) is 0. The highest BCUT2D eigenvalue weighted by atomic mass is 15.2.